The summed E-state index contributed by atoms with van der Waals surface area (Å²) in [7, 11) is 0. The summed E-state index contributed by atoms with van der Waals surface area (Å²) in [6.45, 7) is 4.13. The minimum atomic E-state index is 0. The Kier molecular flexibility index (Phi) is 12.3. The zero-order valence-corrected chi connectivity index (χ0v) is 34.4. The van der Waals surface area contributed by atoms with Gasteiger partial charge in [-0.15, -0.1) is 69.1 Å². The minimum Gasteiger partial charge on any atom is -1.00 e. The van der Waals surface area contributed by atoms with Gasteiger partial charge < -0.3 is 24.8 Å². The zero-order chi connectivity index (χ0) is 35.0. The van der Waals surface area contributed by atoms with E-state index >= 15 is 0 Å². The Morgan fingerprint density at radius 3 is 1.22 bits per heavy atom. The van der Waals surface area contributed by atoms with Crippen molar-refractivity contribution in [1.29, 1.82) is 0 Å². The maximum Gasteiger partial charge on any atom is 4.00 e. The molecule has 0 bridgehead atoms. The molecule has 0 spiro atoms. The number of nitrogens with zero attached hydrogens (tertiary/aromatic N) is 2. The molecule has 0 amide bonds. The van der Waals surface area contributed by atoms with Crippen molar-refractivity contribution in [1.82, 2.24) is 9.97 Å². The summed E-state index contributed by atoms with van der Waals surface area (Å²) in [4.78, 5) is 9.17. The Balaban J connectivity index is 0.000000177. The molecule has 10 aromatic rings. The van der Waals surface area contributed by atoms with Crippen molar-refractivity contribution in [2.75, 3.05) is 0 Å². The number of fused-ring (bicyclic) bond motifs is 4. The number of halogens is 2. The summed E-state index contributed by atoms with van der Waals surface area (Å²) in [5.41, 5.74) is 11.8. The Morgan fingerprint density at radius 1 is 0.400 bits per heavy atom. The Morgan fingerprint density at radius 2 is 0.818 bits per heavy atom. The van der Waals surface area contributed by atoms with Crippen LogP contribution in [0.15, 0.2) is 182 Å². The van der Waals surface area contributed by atoms with Gasteiger partial charge in [-0.2, -0.15) is 0 Å². The molecule has 0 fully saturated rings. The second-order valence-corrected chi connectivity index (χ2v) is 13.7. The normalized spacial score (nSPS) is 10.7. The van der Waals surface area contributed by atoms with Gasteiger partial charge in [-0.05, 0) is 69.8 Å². The van der Waals surface area contributed by atoms with E-state index in [4.69, 9.17) is 0 Å². The van der Waals surface area contributed by atoms with Gasteiger partial charge in [0.1, 0.15) is 0 Å². The van der Waals surface area contributed by atoms with Crippen molar-refractivity contribution >= 4 is 43.1 Å². The molecular formula is C50H36Cl2N2Zr. The van der Waals surface area contributed by atoms with Crippen LogP contribution in [0.3, 0.4) is 0 Å². The molecule has 0 N–H and O–H groups in total. The first-order chi connectivity index (χ1) is 25.6. The summed E-state index contributed by atoms with van der Waals surface area (Å²) in [6, 6.07) is 60.9. The van der Waals surface area contributed by atoms with Gasteiger partial charge in [0.25, 0.3) is 0 Å². The molecule has 0 aliphatic carbocycles. The van der Waals surface area contributed by atoms with E-state index in [2.05, 4.69) is 194 Å². The third kappa shape index (κ3) is 8.12. The third-order valence-corrected chi connectivity index (χ3v) is 10.0. The Hall–Kier alpha value is -5.18. The van der Waals surface area contributed by atoms with Crippen molar-refractivity contribution in [2.24, 2.45) is 0 Å². The van der Waals surface area contributed by atoms with Gasteiger partial charge >= 0.3 is 26.2 Å². The van der Waals surface area contributed by atoms with E-state index in [0.717, 1.165) is 11.4 Å². The first-order valence-corrected chi connectivity index (χ1v) is 17.8. The van der Waals surface area contributed by atoms with E-state index < -0.39 is 0 Å². The van der Waals surface area contributed by atoms with Crippen LogP contribution in [0, 0.1) is 13.8 Å². The molecular weight excluding hydrogens is 791 g/mol. The largest absolute Gasteiger partial charge is 4.00 e. The molecule has 0 aliphatic rings. The molecule has 8 aromatic carbocycles. The van der Waals surface area contributed by atoms with Crippen LogP contribution in [0.4, 0.5) is 0 Å². The second-order valence-electron chi connectivity index (χ2n) is 13.7. The van der Waals surface area contributed by atoms with Crippen LogP contribution in [0.25, 0.3) is 87.9 Å². The quantitative estimate of drug-likeness (QED) is 0.172. The van der Waals surface area contributed by atoms with Crippen molar-refractivity contribution in [3.05, 3.63) is 193 Å². The SMILES string of the molecule is Cc1ccc(-c2cc3c(-c4ccc5ccccc5c4)cccc3[cH-]2)nc1.Cc1ccc(-c2cc3c(-c4ccc5ccccc5c4)cccc3[cH-]2)nc1.[Cl-].[Cl-].[Zr+4]. The monoisotopic (exact) mass is 824 g/mol. The fourth-order valence-electron chi connectivity index (χ4n) is 7.26. The summed E-state index contributed by atoms with van der Waals surface area (Å²) >= 11 is 0. The van der Waals surface area contributed by atoms with Gasteiger partial charge in [0.2, 0.25) is 0 Å². The summed E-state index contributed by atoms with van der Waals surface area (Å²) in [5.74, 6) is 0. The van der Waals surface area contributed by atoms with Crippen LogP contribution in [0.5, 0.6) is 0 Å². The van der Waals surface area contributed by atoms with Crippen molar-refractivity contribution in [3.8, 4) is 44.8 Å². The summed E-state index contributed by atoms with van der Waals surface area (Å²) < 4.78 is 0. The van der Waals surface area contributed by atoms with Crippen molar-refractivity contribution in [2.45, 2.75) is 13.8 Å². The van der Waals surface area contributed by atoms with Gasteiger partial charge in [-0.25, -0.2) is 0 Å². The van der Waals surface area contributed by atoms with Crippen LogP contribution >= 0.6 is 0 Å². The molecule has 0 radical (unpaired) electrons. The molecule has 55 heavy (non-hydrogen) atoms. The molecule has 2 heterocycles. The number of aryl methyl sites for hydroxylation is 2. The predicted molar refractivity (Wildman–Crippen MR) is 221 cm³/mol. The van der Waals surface area contributed by atoms with Gasteiger partial charge in [0.05, 0.1) is 0 Å². The van der Waals surface area contributed by atoms with E-state index in [9.17, 15) is 0 Å². The van der Waals surface area contributed by atoms with Gasteiger partial charge in [0, 0.05) is 23.8 Å². The van der Waals surface area contributed by atoms with E-state index in [1.165, 1.54) is 87.6 Å². The van der Waals surface area contributed by atoms with Crippen molar-refractivity contribution in [3.63, 3.8) is 0 Å². The van der Waals surface area contributed by atoms with Crippen LogP contribution in [-0.4, -0.2) is 9.97 Å². The number of benzene rings is 6. The van der Waals surface area contributed by atoms with Gasteiger partial charge in [-0.1, -0.05) is 132 Å². The van der Waals surface area contributed by atoms with E-state index in [1.807, 2.05) is 12.4 Å². The fourth-order valence-corrected chi connectivity index (χ4v) is 7.26. The maximum absolute atomic E-state index is 4.59. The average molecular weight is 827 g/mol. The Bertz CT molecular complexity index is 2670. The second kappa shape index (κ2) is 17.1. The molecule has 2 nitrogen and oxygen atoms in total. The standard InChI is InChI=1S/2C25H18N.2ClH.Zr/c2*1-17-9-12-25(26-16-17)22-14-20-7-4-8-23(24(20)15-22)21-11-10-18-5-2-3-6-19(18)13-21;;;/h2*2-16H,1H3;2*1H;/q2*-1;;;+4/p-2. The topological polar surface area (TPSA) is 25.8 Å². The molecule has 0 unspecified atom stereocenters. The smallest absolute Gasteiger partial charge is 1.00 e. The summed E-state index contributed by atoms with van der Waals surface area (Å²) in [5, 5.41) is 10.2. The fraction of sp³-hybridized carbons (Fsp3) is 0.0400. The maximum atomic E-state index is 4.59. The van der Waals surface area contributed by atoms with Gasteiger partial charge in [-0.3, -0.25) is 9.97 Å². The molecule has 0 aliphatic heterocycles. The Labute approximate surface area is 353 Å². The van der Waals surface area contributed by atoms with Crippen LogP contribution in [-0.2, 0) is 26.2 Å². The zero-order valence-electron chi connectivity index (χ0n) is 30.5. The van der Waals surface area contributed by atoms with E-state index in [-0.39, 0.29) is 51.0 Å². The number of rotatable bonds is 4. The molecule has 10 rings (SSSR count). The molecule has 0 saturated heterocycles. The van der Waals surface area contributed by atoms with E-state index in [0.29, 0.717) is 0 Å². The van der Waals surface area contributed by atoms with Crippen molar-refractivity contribution < 1.29 is 51.0 Å². The summed E-state index contributed by atoms with van der Waals surface area (Å²) in [6.07, 6.45) is 3.86. The predicted octanol–water partition coefficient (Wildman–Crippen LogP) is 7.50. The number of aromatic nitrogens is 2. The minimum absolute atomic E-state index is 0. The van der Waals surface area contributed by atoms with E-state index in [1.54, 1.807) is 0 Å². The van der Waals surface area contributed by atoms with Gasteiger partial charge in [0.15, 0.2) is 0 Å². The first-order valence-electron chi connectivity index (χ1n) is 17.8. The van der Waals surface area contributed by atoms with Crippen LogP contribution in [0.2, 0.25) is 0 Å². The molecule has 2 aromatic heterocycles. The third-order valence-electron chi connectivity index (χ3n) is 10.0. The number of pyridine rings is 2. The first kappa shape index (κ1) is 39.5. The number of hydrogen-bond acceptors (Lipinski definition) is 2. The number of hydrogen-bond donors (Lipinski definition) is 0. The molecule has 0 saturated carbocycles. The average Bonchev–Trinajstić information content (AvgIpc) is 3.84. The van der Waals surface area contributed by atoms with Crippen LogP contribution in [0.1, 0.15) is 11.1 Å². The molecule has 0 atom stereocenters. The molecule has 264 valence electrons. The van der Waals surface area contributed by atoms with Crippen LogP contribution < -0.4 is 24.8 Å². The molecule has 5 heteroatoms.